The summed E-state index contributed by atoms with van der Waals surface area (Å²) >= 11 is 0. The van der Waals surface area contributed by atoms with Crippen molar-refractivity contribution in [2.24, 2.45) is 0 Å². The smallest absolute Gasteiger partial charge is 0.159 e. The first kappa shape index (κ1) is 17.1. The first-order valence-corrected chi connectivity index (χ1v) is 10.1. The fraction of sp³-hybridized carbons (Fsp3) is 0.571. The minimum absolute atomic E-state index is 0.158. The molecular formula is C21H27N3O3. The second kappa shape index (κ2) is 6.53. The number of aromatic nitrogens is 1. The van der Waals surface area contributed by atoms with Crippen molar-refractivity contribution in [1.82, 2.24) is 9.88 Å². The molecular weight excluding hydrogens is 342 g/mol. The molecule has 144 valence electrons. The summed E-state index contributed by atoms with van der Waals surface area (Å²) in [4.78, 5) is 7.50. The predicted molar refractivity (Wildman–Crippen MR) is 104 cm³/mol. The van der Waals surface area contributed by atoms with Gasteiger partial charge in [0.05, 0.1) is 18.7 Å². The Morgan fingerprint density at radius 2 is 1.93 bits per heavy atom. The van der Waals surface area contributed by atoms with Crippen LogP contribution in [0.3, 0.4) is 0 Å². The molecule has 2 aliphatic heterocycles. The number of fused-ring (bicyclic) bond motifs is 2. The van der Waals surface area contributed by atoms with Crippen LogP contribution < -0.4 is 5.73 Å². The van der Waals surface area contributed by atoms with Gasteiger partial charge in [-0.3, -0.25) is 9.88 Å². The molecule has 27 heavy (non-hydrogen) atoms. The van der Waals surface area contributed by atoms with Crippen LogP contribution in [0, 0.1) is 0 Å². The molecule has 4 N–H and O–H groups in total. The number of nitrogens with zero attached hydrogens (tertiary/aromatic N) is 2. The summed E-state index contributed by atoms with van der Waals surface area (Å²) in [5, 5.41) is 20.5. The number of nitrogens with two attached hydrogens (primary N) is 1. The van der Waals surface area contributed by atoms with E-state index in [0.717, 1.165) is 30.3 Å². The maximum atomic E-state index is 9.97. The SMILES string of the molecule is Nc1c2c(nc3cc(O)c(O)cc13)CCOCC2C1CCCCN1C1CC1. The zero-order chi connectivity index (χ0) is 18.5. The highest BCUT2D eigenvalue weighted by Gasteiger charge is 2.41. The third-order valence-corrected chi connectivity index (χ3v) is 6.46. The Kier molecular flexibility index (Phi) is 4.13. The summed E-state index contributed by atoms with van der Waals surface area (Å²) < 4.78 is 6.00. The number of aromatic hydroxyl groups is 2. The van der Waals surface area contributed by atoms with Crippen LogP contribution in [0.15, 0.2) is 12.1 Å². The number of ether oxygens (including phenoxy) is 1. The summed E-state index contributed by atoms with van der Waals surface area (Å²) in [5.74, 6) is -0.117. The van der Waals surface area contributed by atoms with E-state index in [9.17, 15) is 10.2 Å². The van der Waals surface area contributed by atoms with E-state index in [1.807, 2.05) is 0 Å². The fourth-order valence-corrected chi connectivity index (χ4v) is 5.02. The second-order valence-electron chi connectivity index (χ2n) is 8.21. The molecule has 1 saturated carbocycles. The number of hydrogen-bond acceptors (Lipinski definition) is 6. The first-order valence-electron chi connectivity index (χ1n) is 10.1. The molecule has 2 unspecified atom stereocenters. The van der Waals surface area contributed by atoms with Gasteiger partial charge in [0.1, 0.15) is 0 Å². The van der Waals surface area contributed by atoms with Crippen molar-refractivity contribution in [3.05, 3.63) is 23.4 Å². The van der Waals surface area contributed by atoms with Gasteiger partial charge in [-0.15, -0.1) is 0 Å². The summed E-state index contributed by atoms with van der Waals surface area (Å²) in [6, 6.07) is 4.20. The van der Waals surface area contributed by atoms with Gasteiger partial charge in [-0.1, -0.05) is 6.42 Å². The standard InChI is InChI=1S/C21H27N3O3/c22-21-13-9-18(25)19(26)10-16(13)23-15-6-8-27-11-14(20(15)21)17-3-1-2-7-24(17)12-4-5-12/h9-10,12,14,17,25-26H,1-8,11H2,(H2,22,23). The second-order valence-corrected chi connectivity index (χ2v) is 8.21. The lowest BCUT2D eigenvalue weighted by Gasteiger charge is -2.41. The zero-order valence-corrected chi connectivity index (χ0v) is 15.5. The first-order chi connectivity index (χ1) is 13.1. The van der Waals surface area contributed by atoms with Crippen molar-refractivity contribution in [2.45, 2.75) is 56.5 Å². The molecule has 1 aromatic carbocycles. The number of hydrogen-bond donors (Lipinski definition) is 3. The minimum atomic E-state index is -0.164. The highest BCUT2D eigenvalue weighted by Crippen LogP contribution is 2.44. The van der Waals surface area contributed by atoms with E-state index in [4.69, 9.17) is 15.5 Å². The molecule has 5 rings (SSSR count). The summed E-state index contributed by atoms with van der Waals surface area (Å²) in [6.45, 7) is 2.47. The molecule has 2 fully saturated rings. The number of phenols is 2. The molecule has 2 aromatic rings. The lowest BCUT2D eigenvalue weighted by atomic mass is 9.83. The Morgan fingerprint density at radius 3 is 2.74 bits per heavy atom. The van der Waals surface area contributed by atoms with Gasteiger partial charge < -0.3 is 20.7 Å². The fourth-order valence-electron chi connectivity index (χ4n) is 5.02. The van der Waals surface area contributed by atoms with Gasteiger partial charge in [0.2, 0.25) is 0 Å². The summed E-state index contributed by atoms with van der Waals surface area (Å²) in [5.41, 5.74) is 10.0. The number of phenolic OH excluding ortho intramolecular Hbond substituents is 2. The molecule has 1 saturated heterocycles. The predicted octanol–water partition coefficient (Wildman–Crippen LogP) is 2.90. The molecule has 0 spiro atoms. The molecule has 1 aliphatic carbocycles. The van der Waals surface area contributed by atoms with E-state index >= 15 is 0 Å². The van der Waals surface area contributed by atoms with Crippen molar-refractivity contribution in [3.63, 3.8) is 0 Å². The van der Waals surface area contributed by atoms with Gasteiger partial charge >= 0.3 is 0 Å². The third kappa shape index (κ3) is 2.91. The van der Waals surface area contributed by atoms with Crippen LogP contribution in [0.5, 0.6) is 11.5 Å². The Bertz CT molecular complexity index is 881. The van der Waals surface area contributed by atoms with Crippen LogP contribution in [0.4, 0.5) is 5.69 Å². The van der Waals surface area contributed by atoms with E-state index in [1.165, 1.54) is 44.2 Å². The van der Waals surface area contributed by atoms with Crippen LogP contribution in [-0.2, 0) is 11.2 Å². The van der Waals surface area contributed by atoms with Gasteiger partial charge in [-0.05, 0) is 38.3 Å². The molecule has 2 atom stereocenters. The van der Waals surface area contributed by atoms with E-state index in [0.29, 0.717) is 35.8 Å². The van der Waals surface area contributed by atoms with Gasteiger partial charge in [0.15, 0.2) is 11.5 Å². The number of anilines is 1. The minimum Gasteiger partial charge on any atom is -0.504 e. The van der Waals surface area contributed by atoms with Crippen LogP contribution in [0.25, 0.3) is 10.9 Å². The van der Waals surface area contributed by atoms with E-state index in [2.05, 4.69) is 4.90 Å². The number of benzene rings is 1. The molecule has 6 heteroatoms. The number of pyridine rings is 1. The molecule has 0 amide bonds. The maximum Gasteiger partial charge on any atom is 0.159 e. The normalized spacial score (nSPS) is 26.7. The van der Waals surface area contributed by atoms with Gasteiger partial charge in [-0.25, -0.2) is 0 Å². The molecule has 3 heterocycles. The maximum absolute atomic E-state index is 9.97. The van der Waals surface area contributed by atoms with Crippen molar-refractivity contribution >= 4 is 16.6 Å². The summed E-state index contributed by atoms with van der Waals surface area (Å²) in [7, 11) is 0. The quantitative estimate of drug-likeness (QED) is 0.705. The summed E-state index contributed by atoms with van der Waals surface area (Å²) in [6.07, 6.45) is 7.01. The lowest BCUT2D eigenvalue weighted by molar-refractivity contribution is 0.0634. The molecule has 0 bridgehead atoms. The average Bonchev–Trinajstić information content (AvgIpc) is 3.50. The van der Waals surface area contributed by atoms with Gasteiger partial charge in [-0.2, -0.15) is 0 Å². The average molecular weight is 369 g/mol. The Morgan fingerprint density at radius 1 is 1.11 bits per heavy atom. The number of nitrogen functional groups attached to an aromatic ring is 1. The highest BCUT2D eigenvalue weighted by molar-refractivity contribution is 5.94. The van der Waals surface area contributed by atoms with E-state index in [1.54, 1.807) is 0 Å². The topological polar surface area (TPSA) is 91.8 Å². The molecule has 6 nitrogen and oxygen atoms in total. The van der Waals surface area contributed by atoms with Crippen LogP contribution in [0.1, 0.15) is 49.3 Å². The Balaban J connectivity index is 1.65. The number of likely N-dealkylation sites (tertiary alicyclic amines) is 1. The van der Waals surface area contributed by atoms with Crippen molar-refractivity contribution in [3.8, 4) is 11.5 Å². The van der Waals surface area contributed by atoms with Crippen LogP contribution in [0.2, 0.25) is 0 Å². The third-order valence-electron chi connectivity index (χ3n) is 6.46. The van der Waals surface area contributed by atoms with Gasteiger partial charge in [0, 0.05) is 52.8 Å². The van der Waals surface area contributed by atoms with E-state index < -0.39 is 0 Å². The number of piperidine rings is 1. The Labute approximate surface area is 158 Å². The monoisotopic (exact) mass is 369 g/mol. The molecule has 1 aromatic heterocycles. The lowest BCUT2D eigenvalue weighted by Crippen LogP contribution is -2.45. The van der Waals surface area contributed by atoms with Crippen LogP contribution in [-0.4, -0.2) is 51.9 Å². The zero-order valence-electron chi connectivity index (χ0n) is 15.5. The van der Waals surface area contributed by atoms with Crippen molar-refractivity contribution < 1.29 is 14.9 Å². The van der Waals surface area contributed by atoms with Crippen LogP contribution >= 0.6 is 0 Å². The molecule has 0 radical (unpaired) electrons. The van der Waals surface area contributed by atoms with Crippen molar-refractivity contribution in [1.29, 1.82) is 0 Å². The largest absolute Gasteiger partial charge is 0.504 e. The molecule has 3 aliphatic rings. The Hall–Kier alpha value is -2.05. The van der Waals surface area contributed by atoms with E-state index in [-0.39, 0.29) is 17.4 Å². The van der Waals surface area contributed by atoms with Gasteiger partial charge in [0.25, 0.3) is 0 Å². The highest BCUT2D eigenvalue weighted by atomic mass is 16.5. The number of rotatable bonds is 2. The van der Waals surface area contributed by atoms with Crippen molar-refractivity contribution in [2.75, 3.05) is 25.5 Å².